The number of amides is 2. The fourth-order valence-electron chi connectivity index (χ4n) is 2.18. The van der Waals surface area contributed by atoms with Crippen LogP contribution in [-0.4, -0.2) is 43.5 Å². The number of ether oxygens (including phenoxy) is 1. The van der Waals surface area contributed by atoms with E-state index in [1.807, 2.05) is 13.8 Å². The lowest BCUT2D eigenvalue weighted by Crippen LogP contribution is -2.51. The van der Waals surface area contributed by atoms with Crippen LogP contribution in [0.25, 0.3) is 0 Å². The van der Waals surface area contributed by atoms with Gasteiger partial charge in [-0.3, -0.25) is 0 Å². The fourth-order valence-corrected chi connectivity index (χ4v) is 2.18. The number of nitrogens with one attached hydrogen (secondary N) is 2. The molecule has 0 aliphatic heterocycles. The van der Waals surface area contributed by atoms with Crippen LogP contribution in [0.3, 0.4) is 0 Å². The monoisotopic (exact) mass is 272 g/mol. The van der Waals surface area contributed by atoms with Gasteiger partial charge in [0.05, 0.1) is 5.60 Å². The van der Waals surface area contributed by atoms with Crippen molar-refractivity contribution in [1.29, 1.82) is 0 Å². The highest BCUT2D eigenvalue weighted by Gasteiger charge is 2.37. The average Bonchev–Trinajstić information content (AvgIpc) is 2.34. The molecule has 1 rings (SSSR count). The van der Waals surface area contributed by atoms with Crippen molar-refractivity contribution in [3.05, 3.63) is 0 Å². The van der Waals surface area contributed by atoms with Gasteiger partial charge >= 0.3 is 6.03 Å². The lowest BCUT2D eigenvalue weighted by molar-refractivity contribution is -0.0673. The zero-order chi connectivity index (χ0) is 14.4. The fraction of sp³-hybridized carbons (Fsp3) is 0.929. The quantitative estimate of drug-likeness (QED) is 0.588. The first kappa shape index (κ1) is 16.2. The van der Waals surface area contributed by atoms with E-state index in [0.717, 1.165) is 25.7 Å². The molecule has 1 aliphatic carbocycles. The number of rotatable bonds is 8. The Labute approximate surface area is 116 Å². The molecular weight excluding hydrogens is 244 g/mol. The second-order valence-corrected chi connectivity index (χ2v) is 6.28. The highest BCUT2D eigenvalue weighted by molar-refractivity contribution is 5.73. The third kappa shape index (κ3) is 5.37. The molecule has 1 aliphatic rings. The topological polar surface area (TPSA) is 70.6 Å². The molecule has 0 saturated heterocycles. The Kier molecular flexibility index (Phi) is 6.07. The van der Waals surface area contributed by atoms with Crippen molar-refractivity contribution in [1.82, 2.24) is 10.6 Å². The molecule has 2 amide bonds. The van der Waals surface area contributed by atoms with Gasteiger partial charge in [-0.15, -0.1) is 0 Å². The van der Waals surface area contributed by atoms with Crippen LogP contribution in [0, 0.1) is 5.41 Å². The zero-order valence-electron chi connectivity index (χ0n) is 12.4. The SMILES string of the molecule is COC1(CNC(=O)NCCCC(C)(C)CO)CCC1. The number of urea groups is 1. The van der Waals surface area contributed by atoms with E-state index in [9.17, 15) is 4.79 Å². The van der Waals surface area contributed by atoms with Crippen LogP contribution >= 0.6 is 0 Å². The van der Waals surface area contributed by atoms with E-state index >= 15 is 0 Å². The van der Waals surface area contributed by atoms with Crippen molar-refractivity contribution in [3.8, 4) is 0 Å². The van der Waals surface area contributed by atoms with Gasteiger partial charge in [0.25, 0.3) is 0 Å². The van der Waals surface area contributed by atoms with Gasteiger partial charge in [-0.25, -0.2) is 4.79 Å². The van der Waals surface area contributed by atoms with Crippen LogP contribution in [0.4, 0.5) is 4.79 Å². The Morgan fingerprint density at radius 2 is 2.05 bits per heavy atom. The predicted octanol–water partition coefficient (Wildman–Crippen LogP) is 1.65. The van der Waals surface area contributed by atoms with Crippen LogP contribution in [0.1, 0.15) is 46.0 Å². The molecule has 0 aromatic rings. The minimum Gasteiger partial charge on any atom is -0.396 e. The van der Waals surface area contributed by atoms with Crippen LogP contribution < -0.4 is 10.6 Å². The Hall–Kier alpha value is -0.810. The van der Waals surface area contributed by atoms with Crippen molar-refractivity contribution in [2.45, 2.75) is 51.6 Å². The van der Waals surface area contributed by atoms with E-state index in [4.69, 9.17) is 9.84 Å². The number of hydrogen-bond acceptors (Lipinski definition) is 3. The van der Waals surface area contributed by atoms with Gasteiger partial charge in [-0.1, -0.05) is 13.8 Å². The average molecular weight is 272 g/mol. The lowest BCUT2D eigenvalue weighted by atomic mass is 9.80. The highest BCUT2D eigenvalue weighted by atomic mass is 16.5. The molecule has 19 heavy (non-hydrogen) atoms. The van der Waals surface area contributed by atoms with Gasteiger partial charge in [-0.2, -0.15) is 0 Å². The molecule has 112 valence electrons. The number of aliphatic hydroxyl groups is 1. The van der Waals surface area contributed by atoms with Crippen molar-refractivity contribution >= 4 is 6.03 Å². The summed E-state index contributed by atoms with van der Waals surface area (Å²) in [6.07, 6.45) is 4.98. The first-order chi connectivity index (χ1) is 8.93. The van der Waals surface area contributed by atoms with E-state index in [-0.39, 0.29) is 23.7 Å². The number of carbonyl (C=O) groups is 1. The number of methoxy groups -OCH3 is 1. The molecule has 0 aromatic heterocycles. The summed E-state index contributed by atoms with van der Waals surface area (Å²) in [7, 11) is 1.70. The normalized spacial score (nSPS) is 17.7. The smallest absolute Gasteiger partial charge is 0.314 e. The third-order valence-corrected chi connectivity index (χ3v) is 4.01. The van der Waals surface area contributed by atoms with Crippen molar-refractivity contribution in [2.75, 3.05) is 26.8 Å². The lowest BCUT2D eigenvalue weighted by Gasteiger charge is -2.40. The van der Waals surface area contributed by atoms with Crippen molar-refractivity contribution < 1.29 is 14.6 Å². The molecule has 0 atom stereocenters. The maximum atomic E-state index is 11.6. The molecular formula is C14H28N2O3. The summed E-state index contributed by atoms with van der Waals surface area (Å²) in [6, 6.07) is -0.134. The standard InChI is InChI=1S/C14H28N2O3/c1-13(2,11-17)6-5-9-15-12(18)16-10-14(19-3)7-4-8-14/h17H,4-11H2,1-3H3,(H2,15,16,18). The van der Waals surface area contributed by atoms with Crippen LogP contribution in [0.15, 0.2) is 0 Å². The summed E-state index contributed by atoms with van der Waals surface area (Å²) in [6.45, 7) is 5.43. The Morgan fingerprint density at radius 3 is 2.53 bits per heavy atom. The van der Waals surface area contributed by atoms with E-state index in [1.165, 1.54) is 6.42 Å². The van der Waals surface area contributed by atoms with E-state index < -0.39 is 0 Å². The highest BCUT2D eigenvalue weighted by Crippen LogP contribution is 2.34. The molecule has 0 radical (unpaired) electrons. The molecule has 0 heterocycles. The molecule has 5 heteroatoms. The molecule has 1 saturated carbocycles. The summed E-state index contributed by atoms with van der Waals surface area (Å²) in [4.78, 5) is 11.6. The van der Waals surface area contributed by atoms with Gasteiger partial charge in [0, 0.05) is 26.8 Å². The Balaban J connectivity index is 2.08. The van der Waals surface area contributed by atoms with Crippen LogP contribution in [0.2, 0.25) is 0 Å². The Bertz CT molecular complexity index is 283. The van der Waals surface area contributed by atoms with E-state index in [1.54, 1.807) is 7.11 Å². The summed E-state index contributed by atoms with van der Waals surface area (Å²) < 4.78 is 5.44. The predicted molar refractivity (Wildman–Crippen MR) is 75.1 cm³/mol. The van der Waals surface area contributed by atoms with Gasteiger partial charge in [-0.05, 0) is 37.5 Å². The molecule has 1 fully saturated rings. The summed E-state index contributed by atoms with van der Waals surface area (Å²) in [5, 5.41) is 14.8. The summed E-state index contributed by atoms with van der Waals surface area (Å²) in [5.41, 5.74) is -0.194. The summed E-state index contributed by atoms with van der Waals surface area (Å²) in [5.74, 6) is 0. The third-order valence-electron chi connectivity index (χ3n) is 4.01. The summed E-state index contributed by atoms with van der Waals surface area (Å²) >= 11 is 0. The minimum absolute atomic E-state index is 0.0653. The Morgan fingerprint density at radius 1 is 1.37 bits per heavy atom. The minimum atomic E-state index is -0.134. The second-order valence-electron chi connectivity index (χ2n) is 6.28. The van der Waals surface area contributed by atoms with E-state index in [0.29, 0.717) is 13.1 Å². The number of carbonyl (C=O) groups excluding carboxylic acids is 1. The maximum absolute atomic E-state index is 11.6. The molecule has 0 bridgehead atoms. The molecule has 5 nitrogen and oxygen atoms in total. The molecule has 0 spiro atoms. The van der Waals surface area contributed by atoms with Crippen LogP contribution in [-0.2, 0) is 4.74 Å². The number of aliphatic hydroxyl groups excluding tert-OH is 1. The molecule has 0 unspecified atom stereocenters. The number of hydrogen-bond donors (Lipinski definition) is 3. The second kappa shape index (κ2) is 7.10. The van der Waals surface area contributed by atoms with Crippen LogP contribution in [0.5, 0.6) is 0 Å². The van der Waals surface area contributed by atoms with Gasteiger partial charge in [0.1, 0.15) is 0 Å². The van der Waals surface area contributed by atoms with E-state index in [2.05, 4.69) is 10.6 Å². The van der Waals surface area contributed by atoms with Crippen molar-refractivity contribution in [2.24, 2.45) is 5.41 Å². The first-order valence-electron chi connectivity index (χ1n) is 7.11. The van der Waals surface area contributed by atoms with Gasteiger partial charge < -0.3 is 20.5 Å². The largest absolute Gasteiger partial charge is 0.396 e. The van der Waals surface area contributed by atoms with Gasteiger partial charge in [0.2, 0.25) is 0 Å². The maximum Gasteiger partial charge on any atom is 0.314 e. The van der Waals surface area contributed by atoms with Crippen molar-refractivity contribution in [3.63, 3.8) is 0 Å². The zero-order valence-corrected chi connectivity index (χ0v) is 12.4. The molecule has 0 aromatic carbocycles. The first-order valence-corrected chi connectivity index (χ1v) is 7.11. The molecule has 3 N–H and O–H groups in total. The van der Waals surface area contributed by atoms with Gasteiger partial charge in [0.15, 0.2) is 0 Å².